The van der Waals surface area contributed by atoms with Gasteiger partial charge in [0.25, 0.3) is 0 Å². The first-order chi connectivity index (χ1) is 7.18. The van der Waals surface area contributed by atoms with Gasteiger partial charge in [-0.15, -0.1) is 0 Å². The molecular weight excluding hydrogens is 215 g/mol. The number of hydrogen-bond donors (Lipinski definition) is 0. The molecule has 1 fully saturated rings. The van der Waals surface area contributed by atoms with Crippen LogP contribution in [0, 0.1) is 5.82 Å². The number of carbonyl (C=O) groups excluding carboxylic acids is 1. The molecule has 1 saturated carbocycles. The Labute approximate surface area is 93.2 Å². The zero-order valence-electron chi connectivity index (χ0n) is 8.30. The van der Waals surface area contributed by atoms with Crippen molar-refractivity contribution in [3.63, 3.8) is 0 Å². The van der Waals surface area contributed by atoms with Crippen molar-refractivity contribution in [2.45, 2.75) is 31.6 Å². The second kappa shape index (κ2) is 4.31. The Morgan fingerprint density at radius 3 is 2.53 bits per heavy atom. The standard InChI is InChI=1S/C12H12ClFO/c13-10-2-1-3-11(14)12(10)8-4-6-9(15)7-5-8/h1-3,8H,4-7H2. The maximum Gasteiger partial charge on any atom is 0.132 e. The smallest absolute Gasteiger partial charge is 0.132 e. The van der Waals surface area contributed by atoms with Crippen molar-refractivity contribution in [1.82, 2.24) is 0 Å². The summed E-state index contributed by atoms with van der Waals surface area (Å²) in [5, 5.41) is 0.481. The van der Waals surface area contributed by atoms with Crippen LogP contribution >= 0.6 is 11.6 Å². The van der Waals surface area contributed by atoms with E-state index in [1.807, 2.05) is 0 Å². The van der Waals surface area contributed by atoms with Crippen LogP contribution < -0.4 is 0 Å². The number of ketones is 1. The first-order valence-corrected chi connectivity index (χ1v) is 5.52. The predicted octanol–water partition coefficient (Wildman–Crippen LogP) is 3.71. The average molecular weight is 227 g/mol. The average Bonchev–Trinajstić information content (AvgIpc) is 2.20. The Kier molecular flexibility index (Phi) is 3.06. The van der Waals surface area contributed by atoms with E-state index in [9.17, 15) is 9.18 Å². The third-order valence-electron chi connectivity index (χ3n) is 2.95. The third-order valence-corrected chi connectivity index (χ3v) is 3.28. The maximum atomic E-state index is 13.6. The predicted molar refractivity (Wildman–Crippen MR) is 57.6 cm³/mol. The summed E-state index contributed by atoms with van der Waals surface area (Å²) >= 11 is 5.97. The van der Waals surface area contributed by atoms with E-state index in [0.717, 1.165) is 12.8 Å². The molecule has 1 aliphatic carbocycles. The fraction of sp³-hybridized carbons (Fsp3) is 0.417. The molecule has 1 nitrogen and oxygen atoms in total. The number of benzene rings is 1. The van der Waals surface area contributed by atoms with Crippen molar-refractivity contribution in [2.75, 3.05) is 0 Å². The Bertz CT molecular complexity index is 359. The zero-order valence-corrected chi connectivity index (χ0v) is 9.06. The molecule has 2 rings (SSSR count). The third kappa shape index (κ3) is 2.20. The summed E-state index contributed by atoms with van der Waals surface area (Å²) in [4.78, 5) is 11.1. The molecule has 0 amide bonds. The van der Waals surface area contributed by atoms with Gasteiger partial charge in [-0.1, -0.05) is 17.7 Å². The van der Waals surface area contributed by atoms with Crippen molar-refractivity contribution in [3.05, 3.63) is 34.6 Å². The molecule has 3 heteroatoms. The quantitative estimate of drug-likeness (QED) is 0.714. The minimum absolute atomic E-state index is 0.108. The van der Waals surface area contributed by atoms with E-state index in [1.54, 1.807) is 12.1 Å². The van der Waals surface area contributed by atoms with Gasteiger partial charge >= 0.3 is 0 Å². The molecule has 80 valence electrons. The molecule has 1 aliphatic rings. The maximum absolute atomic E-state index is 13.6. The molecule has 0 aromatic heterocycles. The van der Waals surface area contributed by atoms with Gasteiger partial charge in [0.1, 0.15) is 11.6 Å². The molecule has 0 aliphatic heterocycles. The summed E-state index contributed by atoms with van der Waals surface area (Å²) in [6, 6.07) is 4.74. The van der Waals surface area contributed by atoms with Crippen molar-refractivity contribution in [1.29, 1.82) is 0 Å². The van der Waals surface area contributed by atoms with E-state index in [4.69, 9.17) is 11.6 Å². The SMILES string of the molecule is O=C1CCC(c2c(F)cccc2Cl)CC1. The van der Waals surface area contributed by atoms with E-state index in [0.29, 0.717) is 23.4 Å². The normalized spacial score (nSPS) is 18.1. The highest BCUT2D eigenvalue weighted by molar-refractivity contribution is 6.31. The van der Waals surface area contributed by atoms with Crippen molar-refractivity contribution in [3.8, 4) is 0 Å². The molecule has 0 bridgehead atoms. The number of rotatable bonds is 1. The van der Waals surface area contributed by atoms with E-state index >= 15 is 0 Å². The Hall–Kier alpha value is -0.890. The van der Waals surface area contributed by atoms with Crippen LogP contribution in [0.1, 0.15) is 37.2 Å². The molecule has 15 heavy (non-hydrogen) atoms. The summed E-state index contributed by atoms with van der Waals surface area (Å²) in [7, 11) is 0. The first kappa shape index (κ1) is 10.6. The van der Waals surface area contributed by atoms with Gasteiger partial charge in [-0.3, -0.25) is 4.79 Å². The van der Waals surface area contributed by atoms with Crippen LogP contribution in [-0.4, -0.2) is 5.78 Å². The van der Waals surface area contributed by atoms with Crippen LogP contribution in [0.4, 0.5) is 4.39 Å². The number of halogens is 2. The van der Waals surface area contributed by atoms with Crippen molar-refractivity contribution in [2.24, 2.45) is 0 Å². The molecular formula is C12H12ClFO. The lowest BCUT2D eigenvalue weighted by atomic mass is 9.83. The Balaban J connectivity index is 2.26. The van der Waals surface area contributed by atoms with E-state index in [1.165, 1.54) is 6.07 Å². The Morgan fingerprint density at radius 1 is 1.27 bits per heavy atom. The van der Waals surface area contributed by atoms with Gasteiger partial charge in [0.05, 0.1) is 0 Å². The number of hydrogen-bond acceptors (Lipinski definition) is 1. The minimum atomic E-state index is -0.248. The second-order valence-electron chi connectivity index (χ2n) is 3.95. The lowest BCUT2D eigenvalue weighted by molar-refractivity contribution is -0.120. The van der Waals surface area contributed by atoms with Crippen LogP contribution in [-0.2, 0) is 4.79 Å². The lowest BCUT2D eigenvalue weighted by Gasteiger charge is -2.22. The fourth-order valence-electron chi connectivity index (χ4n) is 2.13. The lowest BCUT2D eigenvalue weighted by Crippen LogP contribution is -2.13. The molecule has 0 N–H and O–H groups in total. The van der Waals surface area contributed by atoms with Crippen LogP contribution in [0.15, 0.2) is 18.2 Å². The van der Waals surface area contributed by atoms with Crippen LogP contribution in [0.2, 0.25) is 5.02 Å². The summed E-state index contributed by atoms with van der Waals surface area (Å²) < 4.78 is 13.6. The second-order valence-corrected chi connectivity index (χ2v) is 4.36. The number of carbonyl (C=O) groups is 1. The Morgan fingerprint density at radius 2 is 1.93 bits per heavy atom. The van der Waals surface area contributed by atoms with Gasteiger partial charge in [0.2, 0.25) is 0 Å². The zero-order chi connectivity index (χ0) is 10.8. The van der Waals surface area contributed by atoms with Gasteiger partial charge in [0.15, 0.2) is 0 Å². The minimum Gasteiger partial charge on any atom is -0.300 e. The molecule has 0 radical (unpaired) electrons. The van der Waals surface area contributed by atoms with E-state index in [-0.39, 0.29) is 17.5 Å². The number of Topliss-reactive ketones (excluding diaryl/α,β-unsaturated/α-hetero) is 1. The largest absolute Gasteiger partial charge is 0.300 e. The fourth-order valence-corrected chi connectivity index (χ4v) is 2.45. The highest BCUT2D eigenvalue weighted by Gasteiger charge is 2.24. The van der Waals surface area contributed by atoms with Gasteiger partial charge in [-0.05, 0) is 30.9 Å². The van der Waals surface area contributed by atoms with Gasteiger partial charge < -0.3 is 0 Å². The van der Waals surface area contributed by atoms with Crippen LogP contribution in [0.25, 0.3) is 0 Å². The molecule has 0 heterocycles. The van der Waals surface area contributed by atoms with Crippen molar-refractivity contribution < 1.29 is 9.18 Å². The van der Waals surface area contributed by atoms with Crippen LogP contribution in [0.5, 0.6) is 0 Å². The molecule has 1 aromatic carbocycles. The first-order valence-electron chi connectivity index (χ1n) is 5.14. The van der Waals surface area contributed by atoms with Gasteiger partial charge in [-0.2, -0.15) is 0 Å². The summed E-state index contributed by atoms with van der Waals surface area (Å²) in [5.41, 5.74) is 0.590. The summed E-state index contributed by atoms with van der Waals surface area (Å²) in [6.07, 6.45) is 2.55. The highest BCUT2D eigenvalue weighted by atomic mass is 35.5. The summed E-state index contributed by atoms with van der Waals surface area (Å²) in [5.74, 6) is 0.136. The van der Waals surface area contributed by atoms with Crippen LogP contribution in [0.3, 0.4) is 0 Å². The molecule has 0 unspecified atom stereocenters. The molecule has 1 aromatic rings. The summed E-state index contributed by atoms with van der Waals surface area (Å²) in [6.45, 7) is 0. The van der Waals surface area contributed by atoms with Gasteiger partial charge in [0, 0.05) is 23.4 Å². The molecule has 0 atom stereocenters. The molecule has 0 saturated heterocycles. The highest BCUT2D eigenvalue weighted by Crippen LogP contribution is 2.36. The molecule has 0 spiro atoms. The van der Waals surface area contributed by atoms with Gasteiger partial charge in [-0.25, -0.2) is 4.39 Å². The monoisotopic (exact) mass is 226 g/mol. The van der Waals surface area contributed by atoms with E-state index < -0.39 is 0 Å². The van der Waals surface area contributed by atoms with E-state index in [2.05, 4.69) is 0 Å². The topological polar surface area (TPSA) is 17.1 Å². The van der Waals surface area contributed by atoms with Crippen molar-refractivity contribution >= 4 is 17.4 Å².